The summed E-state index contributed by atoms with van der Waals surface area (Å²) in [6.07, 6.45) is 7.26. The molecular weight excluding hydrogens is 164 g/mol. The van der Waals surface area contributed by atoms with Gasteiger partial charge in [0.1, 0.15) is 0 Å². The normalized spacial score (nSPS) is 21.8. The maximum atomic E-state index is 11.7. The molecule has 0 aromatic carbocycles. The van der Waals surface area contributed by atoms with E-state index in [2.05, 4.69) is 10.2 Å². The van der Waals surface area contributed by atoms with Gasteiger partial charge in [0.15, 0.2) is 5.78 Å². The second-order valence-corrected chi connectivity index (χ2v) is 3.09. The minimum Gasteiger partial charge on any atom is -0.293 e. The van der Waals surface area contributed by atoms with Crippen molar-refractivity contribution >= 4 is 11.4 Å². The number of rotatable bonds is 1. The van der Waals surface area contributed by atoms with E-state index in [4.69, 9.17) is 0 Å². The molecule has 1 unspecified atom stereocenters. The first-order valence-corrected chi connectivity index (χ1v) is 4.21. The van der Waals surface area contributed by atoms with Gasteiger partial charge in [0.05, 0.1) is 5.69 Å². The molecule has 13 heavy (non-hydrogen) atoms. The molecule has 3 heteroatoms. The fraction of sp³-hybridized carbons (Fsp3) is 0.200. The van der Waals surface area contributed by atoms with Crippen LogP contribution in [0.5, 0.6) is 0 Å². The van der Waals surface area contributed by atoms with Gasteiger partial charge in [-0.15, -0.1) is 0 Å². The van der Waals surface area contributed by atoms with Crippen LogP contribution in [0.4, 0.5) is 0 Å². The fourth-order valence-electron chi connectivity index (χ4n) is 1.36. The fourth-order valence-corrected chi connectivity index (χ4v) is 1.36. The Morgan fingerprint density at radius 2 is 2.38 bits per heavy atom. The zero-order valence-electron chi connectivity index (χ0n) is 7.32. The van der Waals surface area contributed by atoms with Crippen molar-refractivity contribution in [3.8, 4) is 0 Å². The third-order valence-corrected chi connectivity index (χ3v) is 2.13. The maximum absolute atomic E-state index is 11.7. The standard InChI is InChI=1S/C10H10N2O/c1-7-3-2-4-8(10(7)13)9-5-6-11-12-9/h2-7H,1H3,(H,11,12). The number of ketones is 1. The van der Waals surface area contributed by atoms with Crippen LogP contribution in [0.3, 0.4) is 0 Å². The van der Waals surface area contributed by atoms with E-state index in [0.29, 0.717) is 5.57 Å². The van der Waals surface area contributed by atoms with Crippen LogP contribution in [0.25, 0.3) is 5.57 Å². The highest BCUT2D eigenvalue weighted by atomic mass is 16.1. The topological polar surface area (TPSA) is 45.8 Å². The lowest BCUT2D eigenvalue weighted by Gasteiger charge is -2.11. The minimum absolute atomic E-state index is 0.0247. The van der Waals surface area contributed by atoms with Gasteiger partial charge in [-0.2, -0.15) is 5.10 Å². The predicted molar refractivity (Wildman–Crippen MR) is 49.9 cm³/mol. The molecule has 1 aromatic rings. The summed E-state index contributed by atoms with van der Waals surface area (Å²) in [4.78, 5) is 11.7. The first-order chi connectivity index (χ1) is 6.29. The number of carbonyl (C=O) groups is 1. The summed E-state index contributed by atoms with van der Waals surface area (Å²) in [5, 5.41) is 6.60. The Morgan fingerprint density at radius 3 is 3.08 bits per heavy atom. The van der Waals surface area contributed by atoms with Gasteiger partial charge in [0.25, 0.3) is 0 Å². The summed E-state index contributed by atoms with van der Waals surface area (Å²) in [7, 11) is 0. The number of aromatic nitrogens is 2. The molecule has 0 radical (unpaired) electrons. The number of Topliss-reactive ketones (excluding diaryl/α,β-unsaturated/α-hetero) is 1. The third-order valence-electron chi connectivity index (χ3n) is 2.13. The molecule has 1 aliphatic carbocycles. The number of nitrogens with zero attached hydrogens (tertiary/aromatic N) is 1. The zero-order valence-corrected chi connectivity index (χ0v) is 7.32. The Bertz CT molecular complexity index is 374. The molecule has 0 saturated heterocycles. The van der Waals surface area contributed by atoms with Gasteiger partial charge in [-0.25, -0.2) is 0 Å². The van der Waals surface area contributed by atoms with Crippen molar-refractivity contribution in [2.75, 3.05) is 0 Å². The summed E-state index contributed by atoms with van der Waals surface area (Å²) in [6, 6.07) is 1.80. The van der Waals surface area contributed by atoms with Gasteiger partial charge in [-0.3, -0.25) is 9.89 Å². The summed E-state index contributed by atoms with van der Waals surface area (Å²) >= 11 is 0. The smallest absolute Gasteiger partial charge is 0.171 e. The number of hydrogen-bond donors (Lipinski definition) is 1. The lowest BCUT2D eigenvalue weighted by Crippen LogP contribution is -2.13. The summed E-state index contributed by atoms with van der Waals surface area (Å²) < 4.78 is 0. The number of allylic oxidation sites excluding steroid dienone is 4. The average molecular weight is 174 g/mol. The van der Waals surface area contributed by atoms with E-state index >= 15 is 0 Å². The molecule has 0 aliphatic heterocycles. The van der Waals surface area contributed by atoms with Crippen molar-refractivity contribution in [1.29, 1.82) is 0 Å². The van der Waals surface area contributed by atoms with E-state index in [1.807, 2.05) is 25.2 Å². The van der Waals surface area contributed by atoms with Crippen LogP contribution in [-0.4, -0.2) is 16.0 Å². The van der Waals surface area contributed by atoms with Crippen LogP contribution < -0.4 is 0 Å². The van der Waals surface area contributed by atoms with Gasteiger partial charge < -0.3 is 0 Å². The quantitative estimate of drug-likeness (QED) is 0.702. The van der Waals surface area contributed by atoms with Gasteiger partial charge in [-0.1, -0.05) is 19.1 Å². The maximum Gasteiger partial charge on any atom is 0.171 e. The number of carbonyl (C=O) groups excluding carboxylic acids is 1. The molecular formula is C10H10N2O. The lowest BCUT2D eigenvalue weighted by molar-refractivity contribution is -0.115. The largest absolute Gasteiger partial charge is 0.293 e. The van der Waals surface area contributed by atoms with Crippen LogP contribution in [-0.2, 0) is 4.79 Å². The van der Waals surface area contributed by atoms with Gasteiger partial charge in [0.2, 0.25) is 0 Å². The van der Waals surface area contributed by atoms with Crippen LogP contribution in [0.2, 0.25) is 0 Å². The van der Waals surface area contributed by atoms with Crippen molar-refractivity contribution < 1.29 is 4.79 Å². The first-order valence-electron chi connectivity index (χ1n) is 4.21. The van der Waals surface area contributed by atoms with E-state index < -0.39 is 0 Å². The number of nitrogens with one attached hydrogen (secondary N) is 1. The molecule has 66 valence electrons. The van der Waals surface area contributed by atoms with E-state index in [-0.39, 0.29) is 11.7 Å². The second kappa shape index (κ2) is 3.01. The molecule has 2 rings (SSSR count). The van der Waals surface area contributed by atoms with Crippen molar-refractivity contribution in [3.05, 3.63) is 36.2 Å². The predicted octanol–water partition coefficient (Wildman–Crippen LogP) is 1.57. The molecule has 0 bridgehead atoms. The van der Waals surface area contributed by atoms with E-state index in [0.717, 1.165) is 5.69 Å². The number of hydrogen-bond acceptors (Lipinski definition) is 2. The zero-order chi connectivity index (χ0) is 9.26. The van der Waals surface area contributed by atoms with Crippen LogP contribution >= 0.6 is 0 Å². The molecule has 1 atom stereocenters. The lowest BCUT2D eigenvalue weighted by atomic mass is 9.92. The highest BCUT2D eigenvalue weighted by molar-refractivity contribution is 6.22. The molecule has 1 aliphatic rings. The van der Waals surface area contributed by atoms with Gasteiger partial charge >= 0.3 is 0 Å². The molecule has 0 spiro atoms. The summed E-state index contributed by atoms with van der Waals surface area (Å²) in [5.41, 5.74) is 1.51. The average Bonchev–Trinajstić information content (AvgIpc) is 2.62. The highest BCUT2D eigenvalue weighted by Gasteiger charge is 2.19. The summed E-state index contributed by atoms with van der Waals surface area (Å²) in [5.74, 6) is 0.120. The third kappa shape index (κ3) is 1.33. The molecule has 1 N–H and O–H groups in total. The number of H-pyrrole nitrogens is 1. The highest BCUT2D eigenvalue weighted by Crippen LogP contribution is 2.21. The van der Waals surface area contributed by atoms with Crippen molar-refractivity contribution in [2.45, 2.75) is 6.92 Å². The van der Waals surface area contributed by atoms with E-state index in [1.165, 1.54) is 0 Å². The SMILES string of the molecule is CC1C=CC=C(c2ccn[nH]2)C1=O. The Kier molecular flexibility index (Phi) is 1.85. The summed E-state index contributed by atoms with van der Waals surface area (Å²) in [6.45, 7) is 1.89. The molecule has 0 saturated carbocycles. The number of aromatic amines is 1. The Labute approximate surface area is 76.2 Å². The Balaban J connectivity index is 2.39. The van der Waals surface area contributed by atoms with E-state index in [9.17, 15) is 4.79 Å². The van der Waals surface area contributed by atoms with Crippen molar-refractivity contribution in [2.24, 2.45) is 5.92 Å². The minimum atomic E-state index is -0.0247. The molecule has 3 nitrogen and oxygen atoms in total. The van der Waals surface area contributed by atoms with E-state index in [1.54, 1.807) is 12.3 Å². The van der Waals surface area contributed by atoms with Crippen molar-refractivity contribution in [1.82, 2.24) is 10.2 Å². The van der Waals surface area contributed by atoms with Gasteiger partial charge in [-0.05, 0) is 12.1 Å². The molecule has 1 heterocycles. The van der Waals surface area contributed by atoms with Crippen LogP contribution in [0.1, 0.15) is 12.6 Å². The second-order valence-electron chi connectivity index (χ2n) is 3.09. The van der Waals surface area contributed by atoms with Crippen LogP contribution in [0.15, 0.2) is 30.5 Å². The first kappa shape index (κ1) is 7.98. The Morgan fingerprint density at radius 1 is 1.54 bits per heavy atom. The van der Waals surface area contributed by atoms with Crippen LogP contribution in [0, 0.1) is 5.92 Å². The monoisotopic (exact) mass is 174 g/mol. The molecule has 0 fully saturated rings. The molecule has 1 aromatic heterocycles. The Hall–Kier alpha value is -1.64. The van der Waals surface area contributed by atoms with Gasteiger partial charge in [0, 0.05) is 17.7 Å². The molecule has 0 amide bonds. The van der Waals surface area contributed by atoms with Crippen molar-refractivity contribution in [3.63, 3.8) is 0 Å².